The van der Waals surface area contributed by atoms with Crippen LogP contribution in [0, 0.1) is 0 Å². The van der Waals surface area contributed by atoms with Crippen LogP contribution < -0.4 is 0 Å². The maximum Gasteiger partial charge on any atom is 0.337 e. The van der Waals surface area contributed by atoms with Crippen LogP contribution in [0.2, 0.25) is 0 Å². The molecule has 5 heteroatoms. The summed E-state index contributed by atoms with van der Waals surface area (Å²) < 4.78 is 6.96. The van der Waals surface area contributed by atoms with Gasteiger partial charge in [0.05, 0.1) is 24.2 Å². The number of imidazole rings is 1. The van der Waals surface area contributed by atoms with E-state index in [1.165, 1.54) is 12.7 Å². The first-order valence-electron chi connectivity index (χ1n) is 11.4. The lowest BCUT2D eigenvalue weighted by molar-refractivity contribution is 0.0600. The number of nitrogens with zero attached hydrogens (tertiary/aromatic N) is 2. The van der Waals surface area contributed by atoms with Crippen LogP contribution in [0.4, 0.5) is 0 Å². The Morgan fingerprint density at radius 2 is 2.09 bits per heavy atom. The van der Waals surface area contributed by atoms with Gasteiger partial charge in [0.25, 0.3) is 0 Å². The van der Waals surface area contributed by atoms with Gasteiger partial charge in [-0.2, -0.15) is 0 Å². The number of ether oxygens (including phenoxy) is 1. The van der Waals surface area contributed by atoms with Crippen molar-refractivity contribution in [1.29, 1.82) is 0 Å². The van der Waals surface area contributed by atoms with E-state index < -0.39 is 0 Å². The van der Waals surface area contributed by atoms with Crippen molar-refractivity contribution in [2.24, 2.45) is 0 Å². The first kappa shape index (κ1) is 23.8. The van der Waals surface area contributed by atoms with Crippen molar-refractivity contribution < 1.29 is 9.53 Å². The van der Waals surface area contributed by atoms with Gasteiger partial charge in [-0.3, -0.25) is 0 Å². The van der Waals surface area contributed by atoms with Crippen molar-refractivity contribution in [2.45, 2.75) is 39.0 Å². The highest BCUT2D eigenvalue weighted by Crippen LogP contribution is 2.40. The second kappa shape index (κ2) is 10.3. The summed E-state index contributed by atoms with van der Waals surface area (Å²) in [6.07, 6.45) is 13.0. The molecule has 0 saturated carbocycles. The molecule has 1 aromatic carbocycles. The summed E-state index contributed by atoms with van der Waals surface area (Å²) in [6.45, 7) is 8.35. The largest absolute Gasteiger partial charge is 0.465 e. The number of carbonyl (C=O) groups is 1. The predicted octanol–water partition coefficient (Wildman–Crippen LogP) is 7.08. The fourth-order valence-corrected chi connectivity index (χ4v) is 4.71. The summed E-state index contributed by atoms with van der Waals surface area (Å²) in [5.74, 6) is 0.0523. The lowest BCUT2D eigenvalue weighted by atomic mass is 9.85. The van der Waals surface area contributed by atoms with Crippen LogP contribution in [-0.4, -0.2) is 22.5 Å². The zero-order chi connectivity index (χ0) is 24.2. The van der Waals surface area contributed by atoms with E-state index in [9.17, 15) is 4.79 Å². The number of pyridine rings is 1. The molecule has 174 valence electrons. The number of hydrogen-bond acceptors (Lipinski definition) is 3. The summed E-state index contributed by atoms with van der Waals surface area (Å²) in [6, 6.07) is 10.1. The number of benzene rings is 1. The molecule has 0 amide bonds. The van der Waals surface area contributed by atoms with E-state index in [2.05, 4.69) is 42.8 Å². The minimum absolute atomic E-state index is 0.319. The highest BCUT2D eigenvalue weighted by Gasteiger charge is 2.23. The van der Waals surface area contributed by atoms with E-state index >= 15 is 0 Å². The molecule has 0 unspecified atom stereocenters. The average molecular weight is 473 g/mol. The summed E-state index contributed by atoms with van der Waals surface area (Å²) in [7, 11) is 1.41. The fraction of sp³-hybridized carbons (Fsp3) is 0.241. The molecule has 1 aliphatic carbocycles. The number of fused-ring (bicyclic) bond motifs is 2. The molecule has 0 fully saturated rings. The molecule has 0 bridgehead atoms. The number of esters is 1. The Hall–Kier alpha value is -3.37. The Morgan fingerprint density at radius 3 is 2.79 bits per heavy atom. The molecule has 0 N–H and O–H groups in total. The van der Waals surface area contributed by atoms with Crippen molar-refractivity contribution in [3.8, 4) is 0 Å². The lowest BCUT2D eigenvalue weighted by Crippen LogP contribution is -2.04. The van der Waals surface area contributed by atoms with E-state index in [0.717, 1.165) is 64.0 Å². The number of halogens is 1. The molecule has 2 aromatic heterocycles. The summed E-state index contributed by atoms with van der Waals surface area (Å²) in [4.78, 5) is 16.9. The van der Waals surface area contributed by atoms with Gasteiger partial charge >= 0.3 is 5.97 Å². The fourth-order valence-electron chi connectivity index (χ4n) is 4.58. The molecule has 4 nitrogen and oxygen atoms in total. The Bertz CT molecular complexity index is 1360. The molecule has 34 heavy (non-hydrogen) atoms. The number of aromatic nitrogens is 2. The van der Waals surface area contributed by atoms with Crippen molar-refractivity contribution >= 4 is 28.8 Å². The van der Waals surface area contributed by atoms with Crippen LogP contribution in [0.1, 0.15) is 59.4 Å². The number of hydrogen-bond donors (Lipinski definition) is 0. The normalized spacial score (nSPS) is 14.4. The summed E-state index contributed by atoms with van der Waals surface area (Å²) in [5, 5.41) is 0. The lowest BCUT2D eigenvalue weighted by Gasteiger charge is -2.19. The first-order chi connectivity index (χ1) is 16.5. The molecular formula is C29H29ClN2O2. The molecule has 0 aliphatic heterocycles. The molecule has 0 spiro atoms. The van der Waals surface area contributed by atoms with Gasteiger partial charge in [0.15, 0.2) is 0 Å². The molecule has 1 aliphatic rings. The van der Waals surface area contributed by atoms with Crippen molar-refractivity contribution in [3.05, 3.63) is 112 Å². The number of methoxy groups -OCH3 is 1. The van der Waals surface area contributed by atoms with E-state index in [0.29, 0.717) is 11.4 Å². The Labute approximate surface area is 205 Å². The number of rotatable bonds is 6. The van der Waals surface area contributed by atoms with Crippen molar-refractivity contribution in [1.82, 2.24) is 9.38 Å². The number of alkyl halides is 1. The highest BCUT2D eigenvalue weighted by molar-refractivity contribution is 6.16. The molecule has 0 atom stereocenters. The van der Waals surface area contributed by atoms with Crippen LogP contribution in [0.5, 0.6) is 0 Å². The summed E-state index contributed by atoms with van der Waals surface area (Å²) >= 11 is 6.03. The van der Waals surface area contributed by atoms with Crippen molar-refractivity contribution in [2.75, 3.05) is 7.11 Å². The van der Waals surface area contributed by atoms with Crippen LogP contribution in [-0.2, 0) is 17.0 Å². The quantitative estimate of drug-likeness (QED) is 0.219. The third kappa shape index (κ3) is 4.64. The van der Waals surface area contributed by atoms with Gasteiger partial charge in [0.2, 0.25) is 0 Å². The third-order valence-electron chi connectivity index (χ3n) is 6.15. The van der Waals surface area contributed by atoms with Crippen molar-refractivity contribution in [3.63, 3.8) is 0 Å². The minimum Gasteiger partial charge on any atom is -0.465 e. The maximum atomic E-state index is 12.2. The molecule has 4 rings (SSSR count). The van der Waals surface area contributed by atoms with Gasteiger partial charge in [-0.25, -0.2) is 9.78 Å². The molecule has 0 saturated heterocycles. The molecule has 3 aromatic rings. The zero-order valence-electron chi connectivity index (χ0n) is 19.9. The monoisotopic (exact) mass is 472 g/mol. The number of allylic oxidation sites excluding steroid dienone is 6. The first-order valence-corrected chi connectivity index (χ1v) is 12.0. The van der Waals surface area contributed by atoms with Gasteiger partial charge in [0.1, 0.15) is 5.65 Å². The van der Waals surface area contributed by atoms with Crippen LogP contribution >= 0.6 is 11.6 Å². The third-order valence-corrected chi connectivity index (χ3v) is 6.42. The van der Waals surface area contributed by atoms with E-state index in [1.54, 1.807) is 0 Å². The van der Waals surface area contributed by atoms with E-state index in [4.69, 9.17) is 16.3 Å². The van der Waals surface area contributed by atoms with Crippen LogP contribution in [0.3, 0.4) is 0 Å². The molecule has 0 radical (unpaired) electrons. The van der Waals surface area contributed by atoms with E-state index in [-0.39, 0.29) is 5.97 Å². The SMILES string of the molecule is C=C(C)/C(=C\C=C/C)C1=C(c2ccn3cc(CCl)nc3c2)c2ccc(C(=O)OC)cc2CCC1. The highest BCUT2D eigenvalue weighted by atomic mass is 35.5. The maximum absolute atomic E-state index is 12.2. The van der Waals surface area contributed by atoms with Gasteiger partial charge in [-0.1, -0.05) is 36.4 Å². The standard InChI is InChI=1S/C29H29ClN2O2/c1-5-6-9-24(19(2)3)26-10-7-8-20-15-22(29(33)34-4)11-12-25(20)28(26)21-13-14-32-18-23(17-30)31-27(32)16-21/h5-6,9,11-16,18H,2,7-8,10,17H2,1,3-4H3/b6-5-,24-9+. The minimum atomic E-state index is -0.319. The Kier molecular flexibility index (Phi) is 7.18. The van der Waals surface area contributed by atoms with E-state index in [1.807, 2.05) is 48.0 Å². The topological polar surface area (TPSA) is 43.6 Å². The average Bonchev–Trinajstić information content (AvgIpc) is 3.17. The van der Waals surface area contributed by atoms with Crippen LogP contribution in [0.25, 0.3) is 11.2 Å². The Balaban J connectivity index is 2.01. The molecule has 2 heterocycles. The summed E-state index contributed by atoms with van der Waals surface area (Å²) in [5.41, 5.74) is 10.2. The Morgan fingerprint density at radius 1 is 1.26 bits per heavy atom. The number of carbonyl (C=O) groups excluding carboxylic acids is 1. The van der Waals surface area contributed by atoms with Gasteiger partial charge in [-0.05, 0) is 90.8 Å². The van der Waals surface area contributed by atoms with Gasteiger partial charge in [-0.15, -0.1) is 11.6 Å². The second-order valence-electron chi connectivity index (χ2n) is 8.50. The predicted molar refractivity (Wildman–Crippen MR) is 139 cm³/mol. The zero-order valence-corrected chi connectivity index (χ0v) is 20.7. The van der Waals surface area contributed by atoms with Gasteiger partial charge < -0.3 is 9.14 Å². The number of aryl methyl sites for hydroxylation is 1. The molecular weight excluding hydrogens is 444 g/mol. The smallest absolute Gasteiger partial charge is 0.337 e. The van der Waals surface area contributed by atoms with Crippen LogP contribution in [0.15, 0.2) is 84.3 Å². The van der Waals surface area contributed by atoms with Gasteiger partial charge in [0, 0.05) is 12.4 Å². The second-order valence-corrected chi connectivity index (χ2v) is 8.77.